The predicted octanol–water partition coefficient (Wildman–Crippen LogP) is 0.886. The number of H-pyrrole nitrogens is 1. The zero-order valence-electron chi connectivity index (χ0n) is 13.4. The maximum absolute atomic E-state index is 13.8. The van der Waals surface area contributed by atoms with Gasteiger partial charge in [-0.25, -0.2) is 4.39 Å². The van der Waals surface area contributed by atoms with E-state index < -0.39 is 0 Å². The highest BCUT2D eigenvalue weighted by Crippen LogP contribution is 2.20. The Morgan fingerprint density at radius 1 is 1.25 bits per heavy atom. The number of rotatable bonds is 6. The minimum absolute atomic E-state index is 0.165. The van der Waals surface area contributed by atoms with Crippen molar-refractivity contribution in [3.63, 3.8) is 0 Å². The molecule has 7 nitrogen and oxygen atoms in total. The molecular formula is C16H21FN6O. The average molecular weight is 332 g/mol. The summed E-state index contributed by atoms with van der Waals surface area (Å²) in [6, 6.07) is 6.90. The maximum atomic E-state index is 13.8. The molecule has 3 rings (SSSR count). The molecule has 0 aliphatic carbocycles. The van der Waals surface area contributed by atoms with Crippen LogP contribution in [0.25, 0.3) is 0 Å². The summed E-state index contributed by atoms with van der Waals surface area (Å²) in [7, 11) is 0. The molecule has 128 valence electrons. The standard InChI is InChI=1S/C16H21FN6O/c17-13-4-1-2-5-15(13)23-10-8-22(9-11-23)7-3-6-18-16(24)14-12-19-21-20-14/h1-2,4-5,12H,3,6-11H2,(H,18,24)(H,19,20,21). The van der Waals surface area contributed by atoms with Crippen LogP contribution in [0.2, 0.25) is 0 Å². The summed E-state index contributed by atoms with van der Waals surface area (Å²) in [5.74, 6) is -0.380. The molecule has 1 aliphatic rings. The largest absolute Gasteiger partial charge is 0.367 e. The molecule has 0 unspecified atom stereocenters. The van der Waals surface area contributed by atoms with Crippen molar-refractivity contribution >= 4 is 11.6 Å². The quantitative estimate of drug-likeness (QED) is 0.768. The van der Waals surface area contributed by atoms with Gasteiger partial charge >= 0.3 is 0 Å². The van der Waals surface area contributed by atoms with E-state index in [1.807, 2.05) is 12.1 Å². The molecule has 2 aromatic rings. The Morgan fingerprint density at radius 2 is 2.04 bits per heavy atom. The molecule has 1 amide bonds. The highest BCUT2D eigenvalue weighted by molar-refractivity contribution is 5.91. The van der Waals surface area contributed by atoms with E-state index in [9.17, 15) is 9.18 Å². The van der Waals surface area contributed by atoms with E-state index in [1.165, 1.54) is 12.3 Å². The average Bonchev–Trinajstić information content (AvgIpc) is 3.14. The molecular weight excluding hydrogens is 311 g/mol. The Labute approximate surface area is 139 Å². The molecule has 2 heterocycles. The third-order valence-corrected chi connectivity index (χ3v) is 4.15. The second-order valence-corrected chi connectivity index (χ2v) is 5.74. The third-order valence-electron chi connectivity index (χ3n) is 4.15. The van der Waals surface area contributed by atoms with Gasteiger partial charge in [0.05, 0.1) is 11.9 Å². The van der Waals surface area contributed by atoms with E-state index in [-0.39, 0.29) is 11.7 Å². The Bertz CT molecular complexity index is 654. The zero-order chi connectivity index (χ0) is 16.8. The minimum atomic E-state index is -0.215. The molecule has 0 atom stereocenters. The summed E-state index contributed by atoms with van der Waals surface area (Å²) < 4.78 is 13.8. The van der Waals surface area contributed by atoms with Gasteiger partial charge < -0.3 is 10.2 Å². The number of anilines is 1. The minimum Gasteiger partial charge on any atom is -0.367 e. The van der Waals surface area contributed by atoms with E-state index in [4.69, 9.17) is 0 Å². The lowest BCUT2D eigenvalue weighted by Gasteiger charge is -2.36. The van der Waals surface area contributed by atoms with Crippen molar-refractivity contribution in [3.8, 4) is 0 Å². The van der Waals surface area contributed by atoms with Gasteiger partial charge in [0.25, 0.3) is 5.91 Å². The van der Waals surface area contributed by atoms with E-state index in [0.29, 0.717) is 17.9 Å². The molecule has 1 fully saturated rings. The van der Waals surface area contributed by atoms with Gasteiger partial charge in [0.15, 0.2) is 5.69 Å². The van der Waals surface area contributed by atoms with Crippen LogP contribution in [0.1, 0.15) is 16.9 Å². The summed E-state index contributed by atoms with van der Waals surface area (Å²) in [6.07, 6.45) is 2.26. The van der Waals surface area contributed by atoms with Crippen LogP contribution < -0.4 is 10.2 Å². The van der Waals surface area contributed by atoms with Gasteiger partial charge in [-0.3, -0.25) is 9.69 Å². The van der Waals surface area contributed by atoms with Crippen LogP contribution >= 0.6 is 0 Å². The smallest absolute Gasteiger partial charge is 0.273 e. The van der Waals surface area contributed by atoms with Gasteiger partial charge in [-0.15, -0.1) is 0 Å². The molecule has 1 aliphatic heterocycles. The van der Waals surface area contributed by atoms with Gasteiger partial charge in [0, 0.05) is 32.7 Å². The molecule has 0 saturated carbocycles. The summed E-state index contributed by atoms with van der Waals surface area (Å²) >= 11 is 0. The maximum Gasteiger partial charge on any atom is 0.273 e. The molecule has 2 N–H and O–H groups in total. The Balaban J connectivity index is 1.35. The summed E-state index contributed by atoms with van der Waals surface area (Å²) in [5, 5.41) is 12.6. The van der Waals surface area contributed by atoms with E-state index in [2.05, 4.69) is 30.5 Å². The number of para-hydroxylation sites is 1. The first-order chi connectivity index (χ1) is 11.7. The molecule has 0 spiro atoms. The highest BCUT2D eigenvalue weighted by Gasteiger charge is 2.18. The number of aromatic amines is 1. The van der Waals surface area contributed by atoms with Crippen LogP contribution in [0.3, 0.4) is 0 Å². The van der Waals surface area contributed by atoms with Crippen LogP contribution in [-0.2, 0) is 0 Å². The number of halogens is 1. The zero-order valence-corrected chi connectivity index (χ0v) is 13.4. The van der Waals surface area contributed by atoms with E-state index >= 15 is 0 Å². The van der Waals surface area contributed by atoms with Crippen molar-refractivity contribution in [1.29, 1.82) is 0 Å². The number of hydrogen-bond acceptors (Lipinski definition) is 5. The number of benzene rings is 1. The first-order valence-electron chi connectivity index (χ1n) is 8.10. The van der Waals surface area contributed by atoms with Crippen molar-refractivity contribution < 1.29 is 9.18 Å². The molecule has 8 heteroatoms. The highest BCUT2D eigenvalue weighted by atomic mass is 19.1. The van der Waals surface area contributed by atoms with Crippen molar-refractivity contribution in [1.82, 2.24) is 25.6 Å². The number of hydrogen-bond donors (Lipinski definition) is 2. The first kappa shape index (κ1) is 16.4. The third kappa shape index (κ3) is 4.08. The van der Waals surface area contributed by atoms with Crippen molar-refractivity contribution in [2.75, 3.05) is 44.2 Å². The number of piperazine rings is 1. The Morgan fingerprint density at radius 3 is 2.75 bits per heavy atom. The predicted molar refractivity (Wildman–Crippen MR) is 88.4 cm³/mol. The fraction of sp³-hybridized carbons (Fsp3) is 0.438. The van der Waals surface area contributed by atoms with Crippen molar-refractivity contribution in [2.45, 2.75) is 6.42 Å². The van der Waals surface area contributed by atoms with Gasteiger partial charge in [-0.1, -0.05) is 12.1 Å². The monoisotopic (exact) mass is 332 g/mol. The summed E-state index contributed by atoms with van der Waals surface area (Å²) in [5.41, 5.74) is 0.977. The number of carbonyl (C=O) groups excluding carboxylic acids is 1. The fourth-order valence-electron chi connectivity index (χ4n) is 2.83. The lowest BCUT2D eigenvalue weighted by Crippen LogP contribution is -2.47. The van der Waals surface area contributed by atoms with Gasteiger partial charge in [-0.05, 0) is 25.1 Å². The topological polar surface area (TPSA) is 77.2 Å². The lowest BCUT2D eigenvalue weighted by atomic mass is 10.2. The molecule has 0 bridgehead atoms. The van der Waals surface area contributed by atoms with Crippen LogP contribution in [-0.4, -0.2) is 65.5 Å². The van der Waals surface area contributed by atoms with Gasteiger partial charge in [0.1, 0.15) is 5.82 Å². The number of nitrogens with zero attached hydrogens (tertiary/aromatic N) is 4. The summed E-state index contributed by atoms with van der Waals surface area (Å²) in [4.78, 5) is 16.1. The van der Waals surface area contributed by atoms with Gasteiger partial charge in [0.2, 0.25) is 0 Å². The van der Waals surface area contributed by atoms with Crippen LogP contribution in [0, 0.1) is 5.82 Å². The number of carbonyl (C=O) groups is 1. The molecule has 24 heavy (non-hydrogen) atoms. The number of aromatic nitrogens is 3. The molecule has 1 aromatic carbocycles. The lowest BCUT2D eigenvalue weighted by molar-refractivity contribution is 0.0946. The fourth-order valence-corrected chi connectivity index (χ4v) is 2.83. The summed E-state index contributed by atoms with van der Waals surface area (Å²) in [6.45, 7) is 4.92. The molecule has 1 aromatic heterocycles. The van der Waals surface area contributed by atoms with Crippen molar-refractivity contribution in [3.05, 3.63) is 42.0 Å². The molecule has 0 radical (unpaired) electrons. The van der Waals surface area contributed by atoms with Crippen LogP contribution in [0.4, 0.5) is 10.1 Å². The van der Waals surface area contributed by atoms with Gasteiger partial charge in [-0.2, -0.15) is 15.4 Å². The first-order valence-corrected chi connectivity index (χ1v) is 8.10. The van der Waals surface area contributed by atoms with Crippen LogP contribution in [0.5, 0.6) is 0 Å². The van der Waals surface area contributed by atoms with E-state index in [1.54, 1.807) is 6.07 Å². The number of nitrogens with one attached hydrogen (secondary N) is 2. The van der Waals surface area contributed by atoms with Crippen LogP contribution in [0.15, 0.2) is 30.5 Å². The second-order valence-electron chi connectivity index (χ2n) is 5.74. The van der Waals surface area contributed by atoms with Crippen molar-refractivity contribution in [2.24, 2.45) is 0 Å². The number of amides is 1. The molecule has 1 saturated heterocycles. The van der Waals surface area contributed by atoms with E-state index in [0.717, 1.165) is 39.1 Å². The normalized spacial score (nSPS) is 15.5. The Kier molecular flexibility index (Phi) is 5.37. The SMILES string of the molecule is O=C(NCCCN1CCN(c2ccccc2F)CC1)c1cn[nH]n1. The Hall–Kier alpha value is -2.48. The second kappa shape index (κ2) is 7.87.